The standard InChI is InChI=1S/C16H26N6O/c17-16-19-14(9-15(20-16)21-5-7-23-8-6-21)18-10-12-3-4-22(11-12)13-1-2-13/h9,12-13H,1-8,10-11H2,(H3,17,18,19,20). The summed E-state index contributed by atoms with van der Waals surface area (Å²) in [4.78, 5) is 13.6. The molecule has 0 spiro atoms. The molecule has 1 aromatic rings. The van der Waals surface area contributed by atoms with Gasteiger partial charge in [0.05, 0.1) is 13.2 Å². The van der Waals surface area contributed by atoms with Gasteiger partial charge in [0.25, 0.3) is 0 Å². The number of nitrogen functional groups attached to an aromatic ring is 1. The highest BCUT2D eigenvalue weighted by atomic mass is 16.5. The van der Waals surface area contributed by atoms with Crippen molar-refractivity contribution in [2.45, 2.75) is 25.3 Å². The molecule has 3 heterocycles. The van der Waals surface area contributed by atoms with Gasteiger partial charge in [-0.1, -0.05) is 0 Å². The van der Waals surface area contributed by atoms with Gasteiger partial charge in [-0.3, -0.25) is 0 Å². The Hall–Kier alpha value is -1.60. The van der Waals surface area contributed by atoms with E-state index >= 15 is 0 Å². The quantitative estimate of drug-likeness (QED) is 0.831. The van der Waals surface area contributed by atoms with Gasteiger partial charge >= 0.3 is 0 Å². The number of hydrogen-bond donors (Lipinski definition) is 2. The zero-order valence-electron chi connectivity index (χ0n) is 13.6. The van der Waals surface area contributed by atoms with Gasteiger partial charge in [0, 0.05) is 38.3 Å². The number of anilines is 3. The second-order valence-corrected chi connectivity index (χ2v) is 6.83. The van der Waals surface area contributed by atoms with Crippen molar-refractivity contribution in [3.8, 4) is 0 Å². The molecule has 1 atom stereocenters. The molecule has 3 fully saturated rings. The Kier molecular flexibility index (Phi) is 4.22. The molecule has 1 unspecified atom stereocenters. The largest absolute Gasteiger partial charge is 0.378 e. The van der Waals surface area contributed by atoms with E-state index in [1.165, 1.54) is 32.4 Å². The molecule has 1 saturated carbocycles. The van der Waals surface area contributed by atoms with E-state index in [9.17, 15) is 0 Å². The Balaban J connectivity index is 1.35. The Labute approximate surface area is 137 Å². The van der Waals surface area contributed by atoms with Crippen molar-refractivity contribution < 1.29 is 4.74 Å². The highest BCUT2D eigenvalue weighted by Crippen LogP contribution is 2.31. The van der Waals surface area contributed by atoms with E-state index in [-0.39, 0.29) is 0 Å². The van der Waals surface area contributed by atoms with E-state index < -0.39 is 0 Å². The first-order chi connectivity index (χ1) is 11.3. The zero-order chi connectivity index (χ0) is 15.6. The first kappa shape index (κ1) is 15.0. The van der Waals surface area contributed by atoms with Crippen LogP contribution in [0.25, 0.3) is 0 Å². The van der Waals surface area contributed by atoms with E-state index in [4.69, 9.17) is 10.5 Å². The summed E-state index contributed by atoms with van der Waals surface area (Å²) in [6.45, 7) is 6.62. The van der Waals surface area contributed by atoms with E-state index in [1.54, 1.807) is 0 Å². The van der Waals surface area contributed by atoms with Crippen molar-refractivity contribution >= 4 is 17.6 Å². The minimum atomic E-state index is 0.336. The van der Waals surface area contributed by atoms with E-state index in [1.807, 2.05) is 6.07 Å². The van der Waals surface area contributed by atoms with Gasteiger partial charge in [-0.2, -0.15) is 9.97 Å². The molecule has 1 aromatic heterocycles. The molecule has 7 heteroatoms. The summed E-state index contributed by atoms with van der Waals surface area (Å²) in [5, 5.41) is 3.47. The average molecular weight is 318 g/mol. The van der Waals surface area contributed by atoms with Crippen LogP contribution in [0, 0.1) is 5.92 Å². The molecule has 0 amide bonds. The first-order valence-electron chi connectivity index (χ1n) is 8.73. The fraction of sp³-hybridized carbons (Fsp3) is 0.750. The molecule has 0 aromatic carbocycles. The van der Waals surface area contributed by atoms with Crippen molar-refractivity contribution in [3.05, 3.63) is 6.07 Å². The lowest BCUT2D eigenvalue weighted by molar-refractivity contribution is 0.122. The molecule has 0 bridgehead atoms. The lowest BCUT2D eigenvalue weighted by Gasteiger charge is -2.28. The molecule has 3 aliphatic rings. The number of likely N-dealkylation sites (tertiary alicyclic amines) is 1. The normalized spacial score (nSPS) is 25.7. The van der Waals surface area contributed by atoms with Crippen LogP contribution in [0.5, 0.6) is 0 Å². The SMILES string of the molecule is Nc1nc(NCC2CCN(C3CC3)C2)cc(N2CCOCC2)n1. The number of nitrogens with zero attached hydrogens (tertiary/aromatic N) is 4. The zero-order valence-corrected chi connectivity index (χ0v) is 13.6. The molecule has 4 rings (SSSR count). The lowest BCUT2D eigenvalue weighted by Crippen LogP contribution is -2.37. The summed E-state index contributed by atoms with van der Waals surface area (Å²) in [5.41, 5.74) is 5.89. The summed E-state index contributed by atoms with van der Waals surface area (Å²) < 4.78 is 5.39. The second-order valence-electron chi connectivity index (χ2n) is 6.83. The summed E-state index contributed by atoms with van der Waals surface area (Å²) in [6.07, 6.45) is 4.07. The predicted molar refractivity (Wildman–Crippen MR) is 90.7 cm³/mol. The Morgan fingerprint density at radius 2 is 2.00 bits per heavy atom. The van der Waals surface area contributed by atoms with E-state index in [2.05, 4.69) is 25.1 Å². The van der Waals surface area contributed by atoms with Crippen molar-refractivity contribution in [3.63, 3.8) is 0 Å². The molecule has 2 saturated heterocycles. The third-order valence-corrected chi connectivity index (χ3v) is 5.02. The van der Waals surface area contributed by atoms with Crippen LogP contribution >= 0.6 is 0 Å². The maximum atomic E-state index is 5.89. The van der Waals surface area contributed by atoms with Crippen molar-refractivity contribution in [1.29, 1.82) is 0 Å². The maximum Gasteiger partial charge on any atom is 0.223 e. The number of hydrogen-bond acceptors (Lipinski definition) is 7. The molecular formula is C16H26N6O. The third kappa shape index (κ3) is 3.67. The van der Waals surface area contributed by atoms with Gasteiger partial charge in [-0.15, -0.1) is 0 Å². The summed E-state index contributed by atoms with van der Waals surface area (Å²) >= 11 is 0. The number of ether oxygens (including phenoxy) is 1. The van der Waals surface area contributed by atoms with Crippen LogP contribution in [0.4, 0.5) is 17.6 Å². The number of nitrogens with one attached hydrogen (secondary N) is 1. The number of nitrogens with two attached hydrogens (primary N) is 1. The van der Waals surface area contributed by atoms with Gasteiger partial charge < -0.3 is 25.6 Å². The molecule has 7 nitrogen and oxygen atoms in total. The Morgan fingerprint density at radius 1 is 1.17 bits per heavy atom. The van der Waals surface area contributed by atoms with Gasteiger partial charge in [0.1, 0.15) is 11.6 Å². The number of rotatable bonds is 5. The number of aromatic nitrogens is 2. The van der Waals surface area contributed by atoms with Gasteiger partial charge in [0.15, 0.2) is 0 Å². The van der Waals surface area contributed by atoms with Gasteiger partial charge in [-0.25, -0.2) is 0 Å². The molecule has 0 radical (unpaired) electrons. The molecular weight excluding hydrogens is 292 g/mol. The van der Waals surface area contributed by atoms with Gasteiger partial charge in [-0.05, 0) is 31.7 Å². The van der Waals surface area contributed by atoms with Crippen molar-refractivity contribution in [1.82, 2.24) is 14.9 Å². The lowest BCUT2D eigenvalue weighted by atomic mass is 10.1. The van der Waals surface area contributed by atoms with Crippen LogP contribution in [0.1, 0.15) is 19.3 Å². The molecule has 3 N–H and O–H groups in total. The summed E-state index contributed by atoms with van der Waals surface area (Å²) in [6, 6.07) is 2.89. The molecule has 126 valence electrons. The second kappa shape index (κ2) is 6.49. The smallest absolute Gasteiger partial charge is 0.223 e. The number of morpholine rings is 1. The fourth-order valence-corrected chi connectivity index (χ4v) is 3.55. The predicted octanol–water partition coefficient (Wildman–Crippen LogP) is 0.792. The topological polar surface area (TPSA) is 79.5 Å². The highest BCUT2D eigenvalue weighted by molar-refractivity contribution is 5.52. The third-order valence-electron chi connectivity index (χ3n) is 5.02. The van der Waals surface area contributed by atoms with Gasteiger partial charge in [0.2, 0.25) is 5.95 Å². The highest BCUT2D eigenvalue weighted by Gasteiger charge is 2.34. The Morgan fingerprint density at radius 3 is 2.78 bits per heavy atom. The monoisotopic (exact) mass is 318 g/mol. The van der Waals surface area contributed by atoms with Crippen LogP contribution in [0.2, 0.25) is 0 Å². The van der Waals surface area contributed by atoms with Crippen LogP contribution in [-0.4, -0.2) is 66.8 Å². The van der Waals surface area contributed by atoms with Crippen LogP contribution in [0.15, 0.2) is 6.07 Å². The maximum absolute atomic E-state index is 5.89. The van der Waals surface area contributed by atoms with Crippen molar-refractivity contribution in [2.24, 2.45) is 5.92 Å². The van der Waals surface area contributed by atoms with Crippen LogP contribution in [-0.2, 0) is 4.74 Å². The summed E-state index contributed by atoms with van der Waals surface area (Å²) in [7, 11) is 0. The van der Waals surface area contributed by atoms with Crippen LogP contribution < -0.4 is 16.0 Å². The molecule has 23 heavy (non-hydrogen) atoms. The minimum Gasteiger partial charge on any atom is -0.378 e. The van der Waals surface area contributed by atoms with Crippen LogP contribution in [0.3, 0.4) is 0 Å². The van der Waals surface area contributed by atoms with Crippen molar-refractivity contribution in [2.75, 3.05) is 61.9 Å². The average Bonchev–Trinajstić information content (AvgIpc) is 3.32. The Bertz CT molecular complexity index is 543. The summed E-state index contributed by atoms with van der Waals surface area (Å²) in [5.74, 6) is 2.78. The fourth-order valence-electron chi connectivity index (χ4n) is 3.55. The molecule has 2 aliphatic heterocycles. The first-order valence-corrected chi connectivity index (χ1v) is 8.73. The van der Waals surface area contributed by atoms with E-state index in [0.717, 1.165) is 50.5 Å². The van der Waals surface area contributed by atoms with E-state index in [0.29, 0.717) is 11.9 Å². The molecule has 1 aliphatic carbocycles. The minimum absolute atomic E-state index is 0.336.